The monoisotopic (exact) mass is 482 g/mol. The number of alkyl halides is 3. The van der Waals surface area contributed by atoms with Crippen LogP contribution in [0.1, 0.15) is 16.0 Å². The van der Waals surface area contributed by atoms with Crippen molar-refractivity contribution in [2.75, 3.05) is 42.3 Å². The molecule has 0 bridgehead atoms. The van der Waals surface area contributed by atoms with Crippen LogP contribution in [0.3, 0.4) is 0 Å². The average molecular weight is 483 g/mol. The molecule has 0 spiro atoms. The molecule has 2 aromatic heterocycles. The summed E-state index contributed by atoms with van der Waals surface area (Å²) in [6, 6.07) is 3.43. The van der Waals surface area contributed by atoms with E-state index in [1.54, 1.807) is 11.3 Å². The predicted molar refractivity (Wildman–Crippen MR) is 121 cm³/mol. The summed E-state index contributed by atoms with van der Waals surface area (Å²) < 4.78 is 45.2. The van der Waals surface area contributed by atoms with Crippen LogP contribution in [0.15, 0.2) is 29.6 Å². The summed E-state index contributed by atoms with van der Waals surface area (Å²) in [5.41, 5.74) is 0.955. The molecule has 3 heterocycles. The minimum atomic E-state index is -4.50. The van der Waals surface area contributed by atoms with Gasteiger partial charge in [-0.25, -0.2) is 9.97 Å². The molecule has 0 atom stereocenters. The van der Waals surface area contributed by atoms with Crippen LogP contribution in [0.25, 0.3) is 10.2 Å². The first-order valence-corrected chi connectivity index (χ1v) is 11.7. The Hall–Kier alpha value is -2.37. The zero-order valence-corrected chi connectivity index (χ0v) is 19.1. The molecule has 11 heteroatoms. The highest BCUT2D eigenvalue weighted by Crippen LogP contribution is 2.37. The van der Waals surface area contributed by atoms with E-state index < -0.39 is 17.6 Å². The third-order valence-electron chi connectivity index (χ3n) is 5.22. The largest absolute Gasteiger partial charge is 0.416 e. The van der Waals surface area contributed by atoms with Gasteiger partial charge in [-0.1, -0.05) is 11.8 Å². The molecule has 32 heavy (non-hydrogen) atoms. The maximum absolute atomic E-state index is 13.3. The second-order valence-electron chi connectivity index (χ2n) is 7.31. The van der Waals surface area contributed by atoms with Gasteiger partial charge in [0.15, 0.2) is 0 Å². The molecule has 3 aromatic rings. The van der Waals surface area contributed by atoms with E-state index in [0.29, 0.717) is 37.0 Å². The van der Waals surface area contributed by atoms with Crippen molar-refractivity contribution < 1.29 is 22.7 Å². The van der Waals surface area contributed by atoms with Crippen molar-refractivity contribution in [2.24, 2.45) is 0 Å². The molecule has 0 radical (unpaired) electrons. The number of anilines is 2. The molecule has 1 saturated heterocycles. The molecule has 6 nitrogen and oxygen atoms in total. The molecule has 170 valence electrons. The number of amides is 1. The smallest absolute Gasteiger partial charge is 0.378 e. The Kier molecular flexibility index (Phi) is 6.59. The zero-order valence-electron chi connectivity index (χ0n) is 17.5. The summed E-state index contributed by atoms with van der Waals surface area (Å²) in [7, 11) is 0. The number of nitrogens with one attached hydrogen (secondary N) is 1. The van der Waals surface area contributed by atoms with E-state index in [1.165, 1.54) is 24.2 Å². The van der Waals surface area contributed by atoms with Gasteiger partial charge in [0.05, 0.1) is 35.9 Å². The lowest BCUT2D eigenvalue weighted by molar-refractivity contribution is -0.137. The number of hydrogen-bond donors (Lipinski definition) is 1. The number of carbonyl (C=O) groups excluding carboxylic acids is 1. The van der Waals surface area contributed by atoms with Gasteiger partial charge in [-0.05, 0) is 37.6 Å². The molecule has 1 fully saturated rings. The van der Waals surface area contributed by atoms with E-state index in [4.69, 9.17) is 4.74 Å². The van der Waals surface area contributed by atoms with E-state index in [0.717, 1.165) is 32.8 Å². The number of thiophene rings is 1. The van der Waals surface area contributed by atoms with Crippen molar-refractivity contribution in [3.8, 4) is 0 Å². The summed E-state index contributed by atoms with van der Waals surface area (Å²) in [6.07, 6.45) is -3.04. The number of fused-ring (bicyclic) bond motifs is 1. The van der Waals surface area contributed by atoms with Crippen molar-refractivity contribution in [3.05, 3.63) is 40.5 Å². The predicted octanol–water partition coefficient (Wildman–Crippen LogP) is 4.89. The quantitative estimate of drug-likeness (QED) is 0.412. The van der Waals surface area contributed by atoms with Crippen LogP contribution in [0, 0.1) is 13.8 Å². The molecular formula is C21H21F3N4O2S2. The SMILES string of the molecule is Cc1sc2ncnc(SCC(=O)Nc3cc(C(F)(F)F)ccc3N3CCOCC3)c2c1C. The molecule has 1 amide bonds. The number of rotatable bonds is 5. The molecule has 1 aromatic carbocycles. The number of nitrogens with zero attached hydrogens (tertiary/aromatic N) is 3. The topological polar surface area (TPSA) is 67.4 Å². The molecule has 0 unspecified atom stereocenters. The van der Waals surface area contributed by atoms with E-state index >= 15 is 0 Å². The van der Waals surface area contributed by atoms with E-state index in [1.807, 2.05) is 18.7 Å². The van der Waals surface area contributed by atoms with Crippen LogP contribution >= 0.6 is 23.1 Å². The van der Waals surface area contributed by atoms with E-state index in [9.17, 15) is 18.0 Å². The first kappa shape index (κ1) is 22.8. The van der Waals surface area contributed by atoms with Crippen molar-refractivity contribution in [2.45, 2.75) is 25.0 Å². The molecule has 1 N–H and O–H groups in total. The van der Waals surface area contributed by atoms with Gasteiger partial charge < -0.3 is 15.0 Å². The molecule has 0 saturated carbocycles. The van der Waals surface area contributed by atoms with Crippen LogP contribution in [-0.2, 0) is 15.7 Å². The summed E-state index contributed by atoms with van der Waals surface area (Å²) in [6.45, 7) is 6.03. The number of hydrogen-bond acceptors (Lipinski definition) is 7. The highest BCUT2D eigenvalue weighted by molar-refractivity contribution is 8.00. The summed E-state index contributed by atoms with van der Waals surface area (Å²) in [5, 5.41) is 4.28. The lowest BCUT2D eigenvalue weighted by Crippen LogP contribution is -2.37. The van der Waals surface area contributed by atoms with Gasteiger partial charge in [-0.2, -0.15) is 13.2 Å². The van der Waals surface area contributed by atoms with Gasteiger partial charge in [0.2, 0.25) is 5.91 Å². The van der Waals surface area contributed by atoms with Gasteiger partial charge in [0.1, 0.15) is 16.2 Å². The fourth-order valence-electron chi connectivity index (χ4n) is 3.47. The highest BCUT2D eigenvalue weighted by Gasteiger charge is 2.32. The minimum absolute atomic E-state index is 0.0131. The first-order chi connectivity index (χ1) is 15.2. The van der Waals surface area contributed by atoms with Crippen molar-refractivity contribution in [3.63, 3.8) is 0 Å². The number of ether oxygens (including phenoxy) is 1. The van der Waals surface area contributed by atoms with Crippen LogP contribution in [0.5, 0.6) is 0 Å². The number of carbonyl (C=O) groups is 1. The second kappa shape index (κ2) is 9.24. The third-order valence-corrected chi connectivity index (χ3v) is 7.33. The molecule has 4 rings (SSSR count). The van der Waals surface area contributed by atoms with E-state index in [-0.39, 0.29) is 11.4 Å². The molecule has 1 aliphatic heterocycles. The maximum Gasteiger partial charge on any atom is 0.416 e. The summed E-state index contributed by atoms with van der Waals surface area (Å²) >= 11 is 2.81. The second-order valence-corrected chi connectivity index (χ2v) is 9.48. The Morgan fingerprint density at radius 2 is 2.00 bits per heavy atom. The van der Waals surface area contributed by atoms with Crippen LogP contribution in [-0.4, -0.2) is 47.9 Å². The number of benzene rings is 1. The van der Waals surface area contributed by atoms with Crippen molar-refractivity contribution >= 4 is 50.6 Å². The van der Waals surface area contributed by atoms with Crippen molar-refractivity contribution in [1.82, 2.24) is 9.97 Å². The lowest BCUT2D eigenvalue weighted by Gasteiger charge is -2.31. The van der Waals surface area contributed by atoms with Gasteiger partial charge in [-0.15, -0.1) is 11.3 Å². The number of halogens is 3. The minimum Gasteiger partial charge on any atom is -0.378 e. The Balaban J connectivity index is 1.54. The molecule has 0 aliphatic carbocycles. The molecule has 1 aliphatic rings. The van der Waals surface area contributed by atoms with Crippen LogP contribution in [0.4, 0.5) is 24.5 Å². The van der Waals surface area contributed by atoms with Gasteiger partial charge in [0.25, 0.3) is 0 Å². The first-order valence-electron chi connectivity index (χ1n) is 9.91. The van der Waals surface area contributed by atoms with Crippen molar-refractivity contribution in [1.29, 1.82) is 0 Å². The Morgan fingerprint density at radius 3 is 2.72 bits per heavy atom. The summed E-state index contributed by atoms with van der Waals surface area (Å²) in [4.78, 5) is 25.2. The van der Waals surface area contributed by atoms with Gasteiger partial charge >= 0.3 is 6.18 Å². The normalized spacial score (nSPS) is 14.7. The number of morpholine rings is 1. The van der Waals surface area contributed by atoms with Crippen LogP contribution in [0.2, 0.25) is 0 Å². The fraction of sp³-hybridized carbons (Fsp3) is 0.381. The third kappa shape index (κ3) is 4.84. The fourth-order valence-corrected chi connectivity index (χ4v) is 5.39. The Morgan fingerprint density at radius 1 is 1.25 bits per heavy atom. The number of aromatic nitrogens is 2. The standard InChI is InChI=1S/C21H21F3N4O2S2/c1-12-13(2)32-20-18(12)19(25-11-26-20)31-10-17(29)27-15-9-14(21(22,23)24)3-4-16(15)28-5-7-30-8-6-28/h3-4,9,11H,5-8,10H2,1-2H3,(H,27,29). The zero-order chi connectivity index (χ0) is 22.9. The Labute approximate surface area is 191 Å². The van der Waals surface area contributed by atoms with Gasteiger partial charge in [0, 0.05) is 23.4 Å². The maximum atomic E-state index is 13.3. The Bertz CT molecular complexity index is 1140. The summed E-state index contributed by atoms with van der Waals surface area (Å²) in [5.74, 6) is -0.389. The van der Waals surface area contributed by atoms with Crippen LogP contribution < -0.4 is 10.2 Å². The lowest BCUT2D eigenvalue weighted by atomic mass is 10.1. The van der Waals surface area contributed by atoms with Gasteiger partial charge in [-0.3, -0.25) is 4.79 Å². The molecular weight excluding hydrogens is 461 g/mol. The average Bonchev–Trinajstić information content (AvgIpc) is 3.06. The van der Waals surface area contributed by atoms with E-state index in [2.05, 4.69) is 15.3 Å². The highest BCUT2D eigenvalue weighted by atomic mass is 32.2. The number of aryl methyl sites for hydroxylation is 2. The number of thioether (sulfide) groups is 1.